The number of benzene rings is 1. The summed E-state index contributed by atoms with van der Waals surface area (Å²) in [6, 6.07) is 8.33. The first-order valence-electron chi connectivity index (χ1n) is 6.60. The lowest BCUT2D eigenvalue weighted by atomic mass is 10.2. The van der Waals surface area contributed by atoms with Crippen molar-refractivity contribution in [2.75, 3.05) is 24.6 Å². The lowest BCUT2D eigenvalue weighted by Crippen LogP contribution is -2.39. The molecule has 0 aromatic heterocycles. The molecule has 1 N–H and O–H groups in total. The van der Waals surface area contributed by atoms with Crippen molar-refractivity contribution >= 4 is 11.6 Å². The monoisotopic (exact) mass is 246 g/mol. The minimum atomic E-state index is 0.139. The summed E-state index contributed by atoms with van der Waals surface area (Å²) in [7, 11) is 0. The van der Waals surface area contributed by atoms with Crippen LogP contribution in [-0.2, 0) is 4.79 Å². The van der Waals surface area contributed by atoms with E-state index in [1.54, 1.807) is 0 Å². The van der Waals surface area contributed by atoms with Crippen LogP contribution in [0.4, 0.5) is 5.69 Å². The van der Waals surface area contributed by atoms with Gasteiger partial charge in [0, 0.05) is 12.6 Å². The molecule has 1 saturated carbocycles. The van der Waals surface area contributed by atoms with Crippen molar-refractivity contribution in [3.8, 4) is 5.75 Å². The second-order valence-electron chi connectivity index (χ2n) is 4.87. The van der Waals surface area contributed by atoms with Gasteiger partial charge in [-0.05, 0) is 31.4 Å². The number of carbonyl (C=O) groups is 1. The van der Waals surface area contributed by atoms with Crippen LogP contribution in [0.5, 0.6) is 5.75 Å². The minimum absolute atomic E-state index is 0.139. The van der Waals surface area contributed by atoms with Crippen LogP contribution < -0.4 is 15.0 Å². The summed E-state index contributed by atoms with van der Waals surface area (Å²) in [5, 5.41) is 3.27. The Bertz CT molecular complexity index is 443. The first-order chi connectivity index (χ1) is 8.84. The first-order valence-corrected chi connectivity index (χ1v) is 6.60. The molecule has 1 aliphatic carbocycles. The van der Waals surface area contributed by atoms with Crippen molar-refractivity contribution < 1.29 is 9.53 Å². The van der Waals surface area contributed by atoms with Crippen molar-refractivity contribution in [3.05, 3.63) is 24.3 Å². The van der Waals surface area contributed by atoms with Crippen LogP contribution in [0.15, 0.2) is 24.3 Å². The second-order valence-corrected chi connectivity index (χ2v) is 4.87. The molecule has 4 heteroatoms. The van der Waals surface area contributed by atoms with E-state index in [1.165, 1.54) is 12.8 Å². The third-order valence-corrected chi connectivity index (χ3v) is 3.36. The molecule has 1 aromatic rings. The van der Waals surface area contributed by atoms with Crippen molar-refractivity contribution in [1.29, 1.82) is 0 Å². The Hall–Kier alpha value is -1.55. The minimum Gasteiger partial charge on any atom is -0.491 e. The van der Waals surface area contributed by atoms with Gasteiger partial charge >= 0.3 is 0 Å². The van der Waals surface area contributed by atoms with Gasteiger partial charge in [-0.3, -0.25) is 4.79 Å². The molecule has 1 fully saturated rings. The zero-order valence-electron chi connectivity index (χ0n) is 10.4. The van der Waals surface area contributed by atoms with Crippen LogP contribution in [0.3, 0.4) is 0 Å². The third-order valence-electron chi connectivity index (χ3n) is 3.36. The van der Waals surface area contributed by atoms with Crippen LogP contribution in [0, 0.1) is 0 Å². The van der Waals surface area contributed by atoms with Gasteiger partial charge < -0.3 is 15.0 Å². The Kier molecular flexibility index (Phi) is 3.19. The molecule has 1 amide bonds. The number of ether oxygens (including phenoxy) is 1. The Morgan fingerprint density at radius 1 is 1.39 bits per heavy atom. The fourth-order valence-corrected chi connectivity index (χ4v) is 2.20. The fraction of sp³-hybridized carbons (Fsp3) is 0.500. The van der Waals surface area contributed by atoms with E-state index in [9.17, 15) is 4.79 Å². The van der Waals surface area contributed by atoms with Crippen molar-refractivity contribution in [2.24, 2.45) is 0 Å². The van der Waals surface area contributed by atoms with Gasteiger partial charge in [0.25, 0.3) is 0 Å². The van der Waals surface area contributed by atoms with Gasteiger partial charge in [-0.25, -0.2) is 0 Å². The zero-order chi connectivity index (χ0) is 12.4. The standard InChI is InChI=1S/C14H18N2O2/c17-14(10-15-11-6-7-11)16-8-3-9-18-13-5-2-1-4-12(13)16/h1-2,4-5,11,15H,3,6-10H2. The van der Waals surface area contributed by atoms with Gasteiger partial charge in [0.1, 0.15) is 5.75 Å². The second kappa shape index (κ2) is 4.98. The number of rotatable bonds is 3. The molecule has 1 aromatic carbocycles. The molecule has 0 atom stereocenters. The highest BCUT2D eigenvalue weighted by atomic mass is 16.5. The van der Waals surface area contributed by atoms with E-state index in [0.717, 1.165) is 24.4 Å². The molecular weight excluding hydrogens is 228 g/mol. The molecule has 0 radical (unpaired) electrons. The SMILES string of the molecule is O=C(CNC1CC1)N1CCCOc2ccccc21. The number of nitrogens with one attached hydrogen (secondary N) is 1. The maximum Gasteiger partial charge on any atom is 0.241 e. The fourth-order valence-electron chi connectivity index (χ4n) is 2.20. The number of amides is 1. The highest BCUT2D eigenvalue weighted by Crippen LogP contribution is 2.30. The summed E-state index contributed by atoms with van der Waals surface area (Å²) in [6.07, 6.45) is 3.28. The number of hydrogen-bond donors (Lipinski definition) is 1. The van der Waals surface area contributed by atoms with Gasteiger partial charge in [0.15, 0.2) is 0 Å². The maximum atomic E-state index is 12.3. The predicted octanol–water partition coefficient (Wildman–Crippen LogP) is 1.55. The van der Waals surface area contributed by atoms with E-state index in [4.69, 9.17) is 4.74 Å². The number of carbonyl (C=O) groups excluding carboxylic acids is 1. The Morgan fingerprint density at radius 2 is 2.22 bits per heavy atom. The molecule has 4 nitrogen and oxygen atoms in total. The lowest BCUT2D eigenvalue weighted by molar-refractivity contribution is -0.117. The third kappa shape index (κ3) is 2.48. The smallest absolute Gasteiger partial charge is 0.241 e. The van der Waals surface area contributed by atoms with Crippen LogP contribution >= 0.6 is 0 Å². The van der Waals surface area contributed by atoms with Crippen molar-refractivity contribution in [1.82, 2.24) is 5.32 Å². The summed E-state index contributed by atoms with van der Waals surface area (Å²) in [6.45, 7) is 1.85. The molecule has 18 heavy (non-hydrogen) atoms. The van der Waals surface area contributed by atoms with Gasteiger partial charge in [-0.15, -0.1) is 0 Å². The molecule has 0 saturated heterocycles. The van der Waals surface area contributed by atoms with E-state index in [1.807, 2.05) is 29.2 Å². The zero-order valence-corrected chi connectivity index (χ0v) is 10.4. The topological polar surface area (TPSA) is 41.6 Å². The van der Waals surface area contributed by atoms with Gasteiger partial charge in [0.2, 0.25) is 5.91 Å². The Morgan fingerprint density at radius 3 is 3.06 bits per heavy atom. The molecule has 0 spiro atoms. The molecule has 96 valence electrons. The Labute approximate surface area is 107 Å². The van der Waals surface area contributed by atoms with E-state index < -0.39 is 0 Å². The predicted molar refractivity (Wildman–Crippen MR) is 69.9 cm³/mol. The highest BCUT2D eigenvalue weighted by molar-refractivity contribution is 5.96. The highest BCUT2D eigenvalue weighted by Gasteiger charge is 2.25. The average molecular weight is 246 g/mol. The van der Waals surface area contributed by atoms with Crippen LogP contribution in [0.1, 0.15) is 19.3 Å². The molecule has 2 aliphatic rings. The maximum absolute atomic E-state index is 12.3. The lowest BCUT2D eigenvalue weighted by Gasteiger charge is -2.21. The quantitative estimate of drug-likeness (QED) is 0.880. The van der Waals surface area contributed by atoms with E-state index >= 15 is 0 Å². The number of para-hydroxylation sites is 2. The number of fused-ring (bicyclic) bond motifs is 1. The summed E-state index contributed by atoms with van der Waals surface area (Å²) in [5.74, 6) is 0.953. The molecule has 3 rings (SSSR count). The van der Waals surface area contributed by atoms with Gasteiger partial charge in [-0.1, -0.05) is 12.1 Å². The summed E-state index contributed by atoms with van der Waals surface area (Å²) in [5.41, 5.74) is 0.901. The molecule has 1 aliphatic heterocycles. The first kappa shape index (κ1) is 11.5. The van der Waals surface area contributed by atoms with E-state index in [2.05, 4.69) is 5.32 Å². The molecule has 1 heterocycles. The van der Waals surface area contributed by atoms with E-state index in [0.29, 0.717) is 19.2 Å². The van der Waals surface area contributed by atoms with Crippen molar-refractivity contribution in [3.63, 3.8) is 0 Å². The number of nitrogens with zero attached hydrogens (tertiary/aromatic N) is 1. The summed E-state index contributed by atoms with van der Waals surface area (Å²) in [4.78, 5) is 14.1. The largest absolute Gasteiger partial charge is 0.491 e. The van der Waals surface area contributed by atoms with Crippen LogP contribution in [-0.4, -0.2) is 31.6 Å². The van der Waals surface area contributed by atoms with Crippen molar-refractivity contribution in [2.45, 2.75) is 25.3 Å². The van der Waals surface area contributed by atoms with Crippen LogP contribution in [0.25, 0.3) is 0 Å². The Balaban J connectivity index is 1.75. The van der Waals surface area contributed by atoms with Gasteiger partial charge in [-0.2, -0.15) is 0 Å². The summed E-state index contributed by atoms with van der Waals surface area (Å²) < 4.78 is 5.65. The normalized spacial score (nSPS) is 18.8. The molecule has 0 unspecified atom stereocenters. The molecule has 0 bridgehead atoms. The van der Waals surface area contributed by atoms with Gasteiger partial charge in [0.05, 0.1) is 18.8 Å². The average Bonchev–Trinajstić information content (AvgIpc) is 3.22. The number of anilines is 1. The van der Waals surface area contributed by atoms with E-state index in [-0.39, 0.29) is 5.91 Å². The summed E-state index contributed by atoms with van der Waals surface area (Å²) >= 11 is 0. The number of hydrogen-bond acceptors (Lipinski definition) is 3. The van der Waals surface area contributed by atoms with Crippen LogP contribution in [0.2, 0.25) is 0 Å². The molecular formula is C14H18N2O2.